The van der Waals surface area contributed by atoms with Gasteiger partial charge in [0.15, 0.2) is 0 Å². The molecule has 0 spiro atoms. The second-order valence-corrected chi connectivity index (χ2v) is 7.61. The van der Waals surface area contributed by atoms with E-state index in [9.17, 15) is 4.79 Å². The molecule has 1 aliphatic heterocycles. The average molecular weight is 374 g/mol. The highest BCUT2D eigenvalue weighted by Crippen LogP contribution is 2.37. The molecular weight excluding hydrogens is 362 g/mol. The number of carbonyl (C=O) groups is 1. The van der Waals surface area contributed by atoms with E-state index in [0.717, 1.165) is 15.9 Å². The van der Waals surface area contributed by atoms with Gasteiger partial charge in [-0.05, 0) is 63.6 Å². The number of nitrogens with one attached hydrogen (secondary N) is 1. The SMILES string of the molecule is O=C(Nc1cccnc1)N1CCc2cc3cc(Br)sc3cc21. The van der Waals surface area contributed by atoms with Crippen LogP contribution in [0.3, 0.4) is 0 Å². The van der Waals surface area contributed by atoms with Crippen molar-refractivity contribution in [3.05, 3.63) is 52.1 Å². The number of hydrogen-bond acceptors (Lipinski definition) is 3. The van der Waals surface area contributed by atoms with Crippen molar-refractivity contribution in [1.82, 2.24) is 4.98 Å². The Balaban J connectivity index is 1.66. The highest BCUT2D eigenvalue weighted by Gasteiger charge is 2.25. The molecule has 1 aromatic carbocycles. The first kappa shape index (κ1) is 13.7. The van der Waals surface area contributed by atoms with E-state index in [1.165, 1.54) is 15.6 Å². The van der Waals surface area contributed by atoms with Crippen LogP contribution in [0.25, 0.3) is 10.1 Å². The van der Waals surface area contributed by atoms with Gasteiger partial charge in [-0.1, -0.05) is 0 Å². The molecule has 6 heteroatoms. The van der Waals surface area contributed by atoms with Crippen LogP contribution in [0.5, 0.6) is 0 Å². The number of benzene rings is 1. The second-order valence-electron chi connectivity index (χ2n) is 5.14. The summed E-state index contributed by atoms with van der Waals surface area (Å²) in [5.74, 6) is 0. The number of pyridine rings is 1. The number of halogens is 1. The predicted molar refractivity (Wildman–Crippen MR) is 93.8 cm³/mol. The Morgan fingerprint density at radius 2 is 2.27 bits per heavy atom. The molecular formula is C16H12BrN3OS. The molecule has 0 saturated heterocycles. The molecule has 4 nitrogen and oxygen atoms in total. The standard InChI is InChI=1S/C16H12BrN3OS/c17-15-7-11-6-10-3-5-20(13(10)8-14(11)22-15)16(21)19-12-2-1-4-18-9-12/h1-2,4,6-9H,3,5H2,(H,19,21). The van der Waals surface area contributed by atoms with E-state index >= 15 is 0 Å². The van der Waals surface area contributed by atoms with Gasteiger partial charge in [0, 0.05) is 17.4 Å². The van der Waals surface area contributed by atoms with Gasteiger partial charge in [0.25, 0.3) is 0 Å². The molecule has 0 fully saturated rings. The molecule has 1 aliphatic rings. The first-order valence-corrected chi connectivity index (χ1v) is 8.52. The average Bonchev–Trinajstić information content (AvgIpc) is 3.07. The number of anilines is 2. The van der Waals surface area contributed by atoms with Gasteiger partial charge in [-0.3, -0.25) is 9.88 Å². The Labute approximate surface area is 139 Å². The fraction of sp³-hybridized carbons (Fsp3) is 0.125. The largest absolute Gasteiger partial charge is 0.326 e. The first-order chi connectivity index (χ1) is 10.7. The zero-order valence-corrected chi connectivity index (χ0v) is 13.9. The summed E-state index contributed by atoms with van der Waals surface area (Å²) in [5.41, 5.74) is 2.93. The van der Waals surface area contributed by atoms with E-state index < -0.39 is 0 Å². The highest BCUT2D eigenvalue weighted by molar-refractivity contribution is 9.11. The van der Waals surface area contributed by atoms with Crippen LogP contribution in [-0.2, 0) is 6.42 Å². The van der Waals surface area contributed by atoms with Gasteiger partial charge in [0.1, 0.15) is 0 Å². The Morgan fingerprint density at radius 3 is 3.09 bits per heavy atom. The monoisotopic (exact) mass is 373 g/mol. The van der Waals surface area contributed by atoms with Crippen molar-refractivity contribution in [3.63, 3.8) is 0 Å². The third-order valence-corrected chi connectivity index (χ3v) is 5.34. The quantitative estimate of drug-likeness (QED) is 0.674. The van der Waals surface area contributed by atoms with Crippen molar-refractivity contribution >= 4 is 54.8 Å². The number of fused-ring (bicyclic) bond motifs is 2. The number of hydrogen-bond donors (Lipinski definition) is 1. The van der Waals surface area contributed by atoms with E-state index in [1.807, 2.05) is 6.07 Å². The van der Waals surface area contributed by atoms with E-state index in [-0.39, 0.29) is 6.03 Å². The van der Waals surface area contributed by atoms with Crippen LogP contribution < -0.4 is 10.2 Å². The van der Waals surface area contributed by atoms with Crippen molar-refractivity contribution < 1.29 is 4.79 Å². The van der Waals surface area contributed by atoms with Crippen molar-refractivity contribution in [3.8, 4) is 0 Å². The lowest BCUT2D eigenvalue weighted by Gasteiger charge is -2.18. The van der Waals surface area contributed by atoms with Crippen molar-refractivity contribution in [2.45, 2.75) is 6.42 Å². The Morgan fingerprint density at radius 1 is 1.36 bits per heavy atom. The maximum absolute atomic E-state index is 12.5. The molecule has 110 valence electrons. The fourth-order valence-corrected chi connectivity index (χ4v) is 4.31. The molecule has 0 saturated carbocycles. The highest BCUT2D eigenvalue weighted by atomic mass is 79.9. The minimum atomic E-state index is -0.110. The summed E-state index contributed by atoms with van der Waals surface area (Å²) in [7, 11) is 0. The third kappa shape index (κ3) is 2.38. The van der Waals surface area contributed by atoms with Gasteiger partial charge in [-0.25, -0.2) is 4.79 Å². The lowest BCUT2D eigenvalue weighted by atomic mass is 10.1. The van der Waals surface area contributed by atoms with E-state index in [4.69, 9.17) is 0 Å². The van der Waals surface area contributed by atoms with Gasteiger partial charge in [0.05, 0.1) is 21.4 Å². The van der Waals surface area contributed by atoms with Gasteiger partial charge in [-0.15, -0.1) is 11.3 Å². The third-order valence-electron chi connectivity index (χ3n) is 3.74. The summed E-state index contributed by atoms with van der Waals surface area (Å²) in [4.78, 5) is 18.3. The molecule has 2 aromatic heterocycles. The molecule has 3 aromatic rings. The van der Waals surface area contributed by atoms with Crippen LogP contribution in [0.4, 0.5) is 16.2 Å². The predicted octanol–water partition coefficient (Wildman–Crippen LogP) is 4.65. The molecule has 0 radical (unpaired) electrons. The number of aromatic nitrogens is 1. The molecule has 0 aliphatic carbocycles. The van der Waals surface area contributed by atoms with Gasteiger partial charge >= 0.3 is 6.03 Å². The van der Waals surface area contributed by atoms with E-state index in [0.29, 0.717) is 12.2 Å². The lowest BCUT2D eigenvalue weighted by Crippen LogP contribution is -2.33. The minimum Gasteiger partial charge on any atom is -0.306 e. The normalized spacial score (nSPS) is 13.4. The summed E-state index contributed by atoms with van der Waals surface area (Å²) in [5, 5.41) is 4.12. The smallest absolute Gasteiger partial charge is 0.306 e. The van der Waals surface area contributed by atoms with Crippen LogP contribution >= 0.6 is 27.3 Å². The van der Waals surface area contributed by atoms with E-state index in [1.54, 1.807) is 34.7 Å². The molecule has 2 amide bonds. The Hall–Kier alpha value is -1.92. The second kappa shape index (κ2) is 5.37. The summed E-state index contributed by atoms with van der Waals surface area (Å²) in [6.45, 7) is 0.708. The topological polar surface area (TPSA) is 45.2 Å². The molecule has 0 bridgehead atoms. The van der Waals surface area contributed by atoms with Crippen molar-refractivity contribution in [1.29, 1.82) is 0 Å². The number of rotatable bonds is 1. The fourth-order valence-electron chi connectivity index (χ4n) is 2.73. The Kier molecular flexibility index (Phi) is 3.35. The molecule has 0 unspecified atom stereocenters. The number of nitrogens with zero attached hydrogens (tertiary/aromatic N) is 2. The summed E-state index contributed by atoms with van der Waals surface area (Å²) in [6, 6.07) is 9.95. The molecule has 4 rings (SSSR count). The number of carbonyl (C=O) groups excluding carboxylic acids is 1. The summed E-state index contributed by atoms with van der Waals surface area (Å²) >= 11 is 5.20. The Bertz CT molecular complexity index is 862. The first-order valence-electron chi connectivity index (χ1n) is 6.91. The maximum atomic E-state index is 12.5. The van der Waals surface area contributed by atoms with Crippen molar-refractivity contribution in [2.75, 3.05) is 16.8 Å². The van der Waals surface area contributed by atoms with Crippen LogP contribution in [-0.4, -0.2) is 17.6 Å². The zero-order chi connectivity index (χ0) is 15.1. The van der Waals surface area contributed by atoms with Crippen LogP contribution in [0.15, 0.2) is 46.5 Å². The van der Waals surface area contributed by atoms with Crippen LogP contribution in [0, 0.1) is 0 Å². The number of amides is 2. The van der Waals surface area contributed by atoms with Crippen LogP contribution in [0.1, 0.15) is 5.56 Å². The van der Waals surface area contributed by atoms with Gasteiger partial charge in [0.2, 0.25) is 0 Å². The number of thiophene rings is 1. The summed E-state index contributed by atoms with van der Waals surface area (Å²) < 4.78 is 2.30. The van der Waals surface area contributed by atoms with Gasteiger partial charge in [-0.2, -0.15) is 0 Å². The molecule has 1 N–H and O–H groups in total. The minimum absolute atomic E-state index is 0.110. The molecule has 22 heavy (non-hydrogen) atoms. The molecule has 0 atom stereocenters. The van der Waals surface area contributed by atoms with Crippen LogP contribution in [0.2, 0.25) is 0 Å². The zero-order valence-electron chi connectivity index (χ0n) is 11.5. The summed E-state index contributed by atoms with van der Waals surface area (Å²) in [6.07, 6.45) is 4.22. The van der Waals surface area contributed by atoms with Gasteiger partial charge < -0.3 is 5.32 Å². The van der Waals surface area contributed by atoms with E-state index in [2.05, 4.69) is 44.4 Å². The maximum Gasteiger partial charge on any atom is 0.326 e. The lowest BCUT2D eigenvalue weighted by molar-refractivity contribution is 0.257. The molecule has 3 heterocycles. The number of urea groups is 1. The van der Waals surface area contributed by atoms with Crippen molar-refractivity contribution in [2.24, 2.45) is 0 Å².